The van der Waals surface area contributed by atoms with Crippen molar-refractivity contribution in [3.63, 3.8) is 0 Å². The van der Waals surface area contributed by atoms with Crippen LogP contribution < -0.4 is 0 Å². The van der Waals surface area contributed by atoms with E-state index < -0.39 is 0 Å². The van der Waals surface area contributed by atoms with Gasteiger partial charge in [-0.25, -0.2) is 0 Å². The molecule has 1 heteroatoms. The highest BCUT2D eigenvalue weighted by atomic mass is 13.4. The highest BCUT2D eigenvalue weighted by Gasteiger charge is 1.53. The Morgan fingerprint density at radius 1 is 1.80 bits per heavy atom. The van der Waals surface area contributed by atoms with Gasteiger partial charge in [-0.05, 0) is 0 Å². The quantitative estimate of drug-likeness (QED) is 0.373. The fourth-order valence-corrected chi connectivity index (χ4v) is 0. The largest absolute Gasteiger partial charge is 0.124 e. The summed E-state index contributed by atoms with van der Waals surface area (Å²) >= 11 is 0. The van der Waals surface area contributed by atoms with Gasteiger partial charge in [0.1, 0.15) is 7.85 Å². The first-order valence-corrected chi connectivity index (χ1v) is 1.21. The second-order valence-electron chi connectivity index (χ2n) is 0.957. The smallest absolute Gasteiger partial charge is 0.122 e. The van der Waals surface area contributed by atoms with Crippen molar-refractivity contribution in [2.24, 2.45) is 0 Å². The minimum absolute atomic E-state index is 0. The van der Waals surface area contributed by atoms with E-state index in [1.54, 1.807) is 0 Å². The van der Waals surface area contributed by atoms with Gasteiger partial charge in [-0.3, -0.25) is 0 Å². The van der Waals surface area contributed by atoms with Crippen molar-refractivity contribution in [2.75, 3.05) is 0 Å². The number of rotatable bonds is 0. The molecule has 0 heterocycles. The van der Waals surface area contributed by atoms with Crippen molar-refractivity contribution in [3.05, 3.63) is 12.1 Å². The lowest BCUT2D eigenvalue weighted by atomic mass is 10.0. The minimum atomic E-state index is 0. The molecule has 0 atom stereocenters. The van der Waals surface area contributed by atoms with Crippen molar-refractivity contribution in [3.8, 4) is 0 Å². The van der Waals surface area contributed by atoms with Gasteiger partial charge in [-0.1, -0.05) is 14.4 Å². The van der Waals surface area contributed by atoms with Gasteiger partial charge in [0.25, 0.3) is 0 Å². The van der Waals surface area contributed by atoms with Crippen LogP contribution in [0.2, 0.25) is 0 Å². The van der Waals surface area contributed by atoms with Crippen LogP contribution in [0.4, 0.5) is 0 Å². The van der Waals surface area contributed by atoms with Gasteiger partial charge < -0.3 is 0 Å². The molecule has 5 heavy (non-hydrogen) atoms. The molecule has 0 aliphatic carbocycles. The van der Waals surface area contributed by atoms with Gasteiger partial charge in [-0.15, -0.1) is 12.1 Å². The maximum absolute atomic E-state index is 3.44. The summed E-state index contributed by atoms with van der Waals surface area (Å²) in [5, 5.41) is 0. The number of hydrogen-bond donors (Lipinski definition) is 0. The normalized spacial score (nSPS) is 5.00. The van der Waals surface area contributed by atoms with Crippen LogP contribution in [0.15, 0.2) is 12.1 Å². The van der Waals surface area contributed by atoms with Crippen LogP contribution in [-0.2, 0) is 0 Å². The van der Waals surface area contributed by atoms with Gasteiger partial charge in [0, 0.05) is 0 Å². The maximum Gasteiger partial charge on any atom is 0.122 e. The van der Waals surface area contributed by atoms with Crippen molar-refractivity contribution < 1.29 is 0 Å². The Morgan fingerprint density at radius 3 is 1.80 bits per heavy atom. The number of hydrogen-bond acceptors (Lipinski definition) is 0. The highest BCUT2D eigenvalue weighted by Crippen LogP contribution is 1.65. The molecule has 0 N–H and O–H groups in total. The third-order valence-corrected chi connectivity index (χ3v) is 0. The van der Waals surface area contributed by atoms with Gasteiger partial charge in [-0.2, -0.15) is 0 Å². The standard InChI is InChI=1S/C3H6B.CH4/c1-3(2)4;/h4H,1H2,2H3;1H4. The van der Waals surface area contributed by atoms with E-state index in [2.05, 4.69) is 14.4 Å². The van der Waals surface area contributed by atoms with E-state index in [0.29, 0.717) is 0 Å². The molecule has 0 saturated heterocycles. The molecule has 0 saturated carbocycles. The van der Waals surface area contributed by atoms with E-state index in [0.717, 1.165) is 5.47 Å². The predicted molar refractivity (Wildman–Crippen MR) is 28.7 cm³/mol. The molecule has 0 aromatic heterocycles. The van der Waals surface area contributed by atoms with Crippen LogP contribution in [0.25, 0.3) is 0 Å². The summed E-state index contributed by atoms with van der Waals surface area (Å²) in [7, 11) is 3.44. The molecule has 0 unspecified atom stereocenters. The molecule has 0 aromatic rings. The van der Waals surface area contributed by atoms with Crippen LogP contribution in [0, 0.1) is 0 Å². The Kier molecular flexibility index (Phi) is 6.73. The van der Waals surface area contributed by atoms with Crippen LogP contribution in [0.3, 0.4) is 0 Å². The first-order valence-electron chi connectivity index (χ1n) is 1.21. The summed E-state index contributed by atoms with van der Waals surface area (Å²) in [5.74, 6) is 0. The second-order valence-corrected chi connectivity index (χ2v) is 0.957. The maximum atomic E-state index is 3.44. The molecule has 0 rings (SSSR count). The minimum Gasteiger partial charge on any atom is -0.124 e. The highest BCUT2D eigenvalue weighted by molar-refractivity contribution is 6.20. The van der Waals surface area contributed by atoms with Crippen LogP contribution in [-0.4, -0.2) is 7.85 Å². The zero-order valence-electron chi connectivity index (χ0n) is 2.91. The van der Waals surface area contributed by atoms with E-state index in [4.69, 9.17) is 0 Å². The SMILES string of the molecule is C.[BH]C(=C)C. The number of allylic oxidation sites excluding steroid dienone is 1. The first-order chi connectivity index (χ1) is 1.73. The molecule has 29 valence electrons. The lowest BCUT2D eigenvalue weighted by molar-refractivity contribution is 1.72. The van der Waals surface area contributed by atoms with Crippen molar-refractivity contribution in [1.29, 1.82) is 0 Å². The van der Waals surface area contributed by atoms with E-state index in [1.165, 1.54) is 0 Å². The predicted octanol–water partition coefficient (Wildman–Crippen LogP) is 1.06. The van der Waals surface area contributed by atoms with E-state index in [-0.39, 0.29) is 7.43 Å². The molecule has 1 radical (unpaired) electrons. The van der Waals surface area contributed by atoms with E-state index in [1.807, 2.05) is 6.92 Å². The van der Waals surface area contributed by atoms with Crippen LogP contribution in [0.1, 0.15) is 14.4 Å². The van der Waals surface area contributed by atoms with Gasteiger partial charge in [0.05, 0.1) is 0 Å². The average molecular weight is 68.9 g/mol. The summed E-state index contributed by atoms with van der Waals surface area (Å²) in [6.45, 7) is 5.31. The Bertz CT molecular complexity index is 26.6. The van der Waals surface area contributed by atoms with Gasteiger partial charge in [0.2, 0.25) is 0 Å². The lowest BCUT2D eigenvalue weighted by Crippen LogP contribution is -1.56. The fraction of sp³-hybridized carbons (Fsp3) is 0.500. The molecular formula is C4H10B. The summed E-state index contributed by atoms with van der Waals surface area (Å²) in [6, 6.07) is 0. The lowest BCUT2D eigenvalue weighted by Gasteiger charge is -1.64. The van der Waals surface area contributed by atoms with Crippen LogP contribution in [0.5, 0.6) is 0 Å². The Balaban J connectivity index is 0. The monoisotopic (exact) mass is 69.1 g/mol. The van der Waals surface area contributed by atoms with E-state index >= 15 is 0 Å². The Morgan fingerprint density at radius 2 is 1.80 bits per heavy atom. The Labute approximate surface area is 35.3 Å². The molecule has 0 nitrogen and oxygen atoms in total. The van der Waals surface area contributed by atoms with Crippen LogP contribution >= 0.6 is 0 Å². The third-order valence-electron chi connectivity index (χ3n) is 0. The first kappa shape index (κ1) is 8.84. The topological polar surface area (TPSA) is 0 Å². The van der Waals surface area contributed by atoms with Gasteiger partial charge in [0.15, 0.2) is 0 Å². The van der Waals surface area contributed by atoms with Crippen molar-refractivity contribution >= 4 is 7.85 Å². The summed E-state index contributed by atoms with van der Waals surface area (Å²) < 4.78 is 0. The fourth-order valence-electron chi connectivity index (χ4n) is 0. The molecule has 0 aliphatic heterocycles. The summed E-state index contributed by atoms with van der Waals surface area (Å²) in [6.07, 6.45) is 0. The molecule has 0 bridgehead atoms. The van der Waals surface area contributed by atoms with Crippen molar-refractivity contribution in [1.82, 2.24) is 0 Å². The summed E-state index contributed by atoms with van der Waals surface area (Å²) in [4.78, 5) is 0. The zero-order chi connectivity index (χ0) is 3.58. The summed E-state index contributed by atoms with van der Waals surface area (Å²) in [5.41, 5.74) is 0.917. The zero-order valence-corrected chi connectivity index (χ0v) is 2.91. The van der Waals surface area contributed by atoms with Crippen molar-refractivity contribution in [2.45, 2.75) is 14.4 Å². The van der Waals surface area contributed by atoms with E-state index in [9.17, 15) is 0 Å². The Hall–Kier alpha value is -0.195. The van der Waals surface area contributed by atoms with Gasteiger partial charge >= 0.3 is 0 Å². The molecule has 0 amide bonds. The molecule has 0 fully saturated rings. The molecular weight excluding hydrogens is 58.9 g/mol. The average Bonchev–Trinajstić information content (AvgIpc) is 0.811. The third kappa shape index (κ3) is 326. The molecule has 0 aromatic carbocycles. The molecule has 0 spiro atoms. The second kappa shape index (κ2) is 3.80. The molecule has 0 aliphatic rings.